The van der Waals surface area contributed by atoms with Crippen LogP contribution in [0.25, 0.3) is 0 Å². The van der Waals surface area contributed by atoms with Crippen LogP contribution in [0, 0.1) is 0 Å². The van der Waals surface area contributed by atoms with Crippen LogP contribution in [0.15, 0.2) is 0 Å². The van der Waals surface area contributed by atoms with E-state index in [-0.39, 0.29) is 22.4 Å². The van der Waals surface area contributed by atoms with Crippen LogP contribution in [-0.2, 0) is 47.4 Å². The van der Waals surface area contributed by atoms with E-state index in [0.717, 1.165) is 20.2 Å². The first-order valence-corrected chi connectivity index (χ1v) is 4.45. The molecule has 0 fully saturated rings. The van der Waals surface area contributed by atoms with Gasteiger partial charge in [-0.05, 0) is 0 Å². The van der Waals surface area contributed by atoms with Gasteiger partial charge in [0, 0.05) is 22.4 Å². The molecule has 0 spiro atoms. The molecule has 0 aliphatic carbocycles. The number of hydrogen-bond acceptors (Lipinski definition) is 2. The topological polar surface area (TPSA) is 46.5 Å². The second-order valence-electron chi connectivity index (χ2n) is 0.285. The molecule has 0 aliphatic heterocycles. The van der Waals surface area contributed by atoms with E-state index in [2.05, 4.69) is 1.75 Å². The summed E-state index contributed by atoms with van der Waals surface area (Å²) in [6.45, 7) is 0. The molecule has 0 heterocycles. The van der Waals surface area contributed by atoms with E-state index in [4.69, 9.17) is 3.47 Å². The summed E-state index contributed by atoms with van der Waals surface area (Å²) < 4.78 is 21.1. The van der Waals surface area contributed by atoms with Crippen molar-refractivity contribution < 1.29 is 50.9 Å². The van der Waals surface area contributed by atoms with Gasteiger partial charge >= 0.3 is 48.9 Å². The Morgan fingerprint density at radius 2 is 2.00 bits per heavy atom. The molecule has 6 heavy (non-hydrogen) atoms. The van der Waals surface area contributed by atoms with Crippen LogP contribution in [0.3, 0.4) is 0 Å². The molecule has 0 aliphatic rings. The van der Waals surface area contributed by atoms with Gasteiger partial charge < -0.3 is 0 Å². The summed E-state index contributed by atoms with van der Waals surface area (Å²) >= 11 is -1.97. The smallest absolute Gasteiger partial charge is 0 e. The largest absolute Gasteiger partial charge is 0 e. The van der Waals surface area contributed by atoms with Gasteiger partial charge in [-0.25, -0.2) is 0 Å². The SMILES string of the molecule is O=[Te](O)[O][Mo].[Ag]. The van der Waals surface area contributed by atoms with Gasteiger partial charge in [0.1, 0.15) is 0 Å². The molecule has 0 atom stereocenters. The second-order valence-corrected chi connectivity index (χ2v) is 4.16. The van der Waals surface area contributed by atoms with E-state index >= 15 is 0 Å². The molecular weight excluding hydrogens is 379 g/mol. The maximum Gasteiger partial charge on any atom is 0 e. The van der Waals surface area contributed by atoms with Crippen molar-refractivity contribution in [2.24, 2.45) is 0 Å². The predicted octanol–water partition coefficient (Wildman–Crippen LogP) is -1.13. The van der Waals surface area contributed by atoms with Crippen LogP contribution in [0.4, 0.5) is 0 Å². The zero-order chi connectivity index (χ0) is 4.28. The second kappa shape index (κ2) is 6.94. The summed E-state index contributed by atoms with van der Waals surface area (Å²) in [7, 11) is 0. The number of hydrogen-bond donors (Lipinski definition) is 1. The summed E-state index contributed by atoms with van der Waals surface area (Å²) in [6.07, 6.45) is 0. The summed E-state index contributed by atoms with van der Waals surface area (Å²) in [4.78, 5) is 0. The van der Waals surface area contributed by atoms with Crippen LogP contribution in [0.5, 0.6) is 0 Å². The van der Waals surface area contributed by atoms with Crippen LogP contribution in [-0.4, -0.2) is 23.8 Å². The fraction of sp³-hybridized carbons (Fsp3) is 0. The normalized spacial score (nSPS) is 7.67. The van der Waals surface area contributed by atoms with Gasteiger partial charge in [0.05, 0.1) is 0 Å². The minimum absolute atomic E-state index is 0. The van der Waals surface area contributed by atoms with Gasteiger partial charge in [0.15, 0.2) is 0 Å². The quantitative estimate of drug-likeness (QED) is 0.586. The Morgan fingerprint density at radius 1 is 1.83 bits per heavy atom. The first kappa shape index (κ1) is 10.8. The van der Waals surface area contributed by atoms with Gasteiger partial charge in [0.2, 0.25) is 0 Å². The average Bonchev–Trinajstić information content (AvgIpc) is 1.38. The third-order valence-electron chi connectivity index (χ3n) is 0.0582. The maximum atomic E-state index is 9.40. The minimum Gasteiger partial charge on any atom is 0 e. The monoisotopic (exact) mass is 384 g/mol. The molecular formula is HAgMoO3Te. The number of rotatable bonds is 1. The van der Waals surface area contributed by atoms with E-state index in [1.807, 2.05) is 0 Å². The fourth-order valence-electron chi connectivity index (χ4n) is 0. The van der Waals surface area contributed by atoms with E-state index < -0.39 is 20.4 Å². The standard InChI is InChI=1S/Ag.Mo.H2O3Te/c;;1-4(2)3/h;;(H2,1,2,3)/q;+1;/p-1. The summed E-state index contributed by atoms with van der Waals surface area (Å²) in [5.74, 6) is 0. The molecule has 6 heteroatoms. The summed E-state index contributed by atoms with van der Waals surface area (Å²) in [6, 6.07) is 0. The molecule has 0 unspecified atom stereocenters. The Balaban J connectivity index is 0. The van der Waals surface area contributed by atoms with Gasteiger partial charge in [-0.2, -0.15) is 0 Å². The Morgan fingerprint density at radius 3 is 2.00 bits per heavy atom. The molecule has 42 valence electrons. The van der Waals surface area contributed by atoms with Crippen LogP contribution >= 0.6 is 0 Å². The first-order valence-electron chi connectivity index (χ1n) is 0.683. The zero-order valence-electron chi connectivity index (χ0n) is 2.38. The Bertz CT molecular complexity index is 46.1. The molecule has 0 aromatic carbocycles. The van der Waals surface area contributed by atoms with Crippen molar-refractivity contribution in [2.75, 3.05) is 0 Å². The van der Waals surface area contributed by atoms with Gasteiger partial charge in [-0.15, -0.1) is 0 Å². The van der Waals surface area contributed by atoms with E-state index in [1.54, 1.807) is 0 Å². The third kappa shape index (κ3) is 9.34. The Labute approximate surface area is 70.4 Å². The van der Waals surface area contributed by atoms with Crippen molar-refractivity contribution in [1.29, 1.82) is 0 Å². The fourth-order valence-corrected chi connectivity index (χ4v) is 0. The van der Waals surface area contributed by atoms with E-state index in [0.29, 0.717) is 0 Å². The summed E-state index contributed by atoms with van der Waals surface area (Å²) in [5, 5.41) is 0. The van der Waals surface area contributed by atoms with Crippen molar-refractivity contribution in [3.8, 4) is 0 Å². The van der Waals surface area contributed by atoms with Crippen LogP contribution in [0.1, 0.15) is 0 Å². The zero-order valence-corrected chi connectivity index (χ0v) is 8.20. The van der Waals surface area contributed by atoms with Gasteiger partial charge in [-0.3, -0.25) is 0 Å². The average molecular weight is 380 g/mol. The Hall–Kier alpha value is 1.94. The van der Waals surface area contributed by atoms with Gasteiger partial charge in [-0.1, -0.05) is 0 Å². The van der Waals surface area contributed by atoms with Crippen LogP contribution in [0.2, 0.25) is 0 Å². The Kier molecular flexibility index (Phi) is 12.5. The molecule has 0 saturated heterocycles. The van der Waals surface area contributed by atoms with Crippen LogP contribution < -0.4 is 0 Å². The third-order valence-corrected chi connectivity index (χ3v) is 2.31. The molecule has 1 N–H and O–H groups in total. The van der Waals surface area contributed by atoms with E-state index in [1.165, 1.54) is 0 Å². The maximum absolute atomic E-state index is 9.40. The molecule has 3 nitrogen and oxygen atoms in total. The molecule has 0 saturated carbocycles. The first-order chi connectivity index (χ1) is 2.27. The molecule has 0 amide bonds. The minimum atomic E-state index is -3.13. The van der Waals surface area contributed by atoms with Crippen molar-refractivity contribution in [3.63, 3.8) is 0 Å². The van der Waals surface area contributed by atoms with Crippen molar-refractivity contribution >= 4 is 20.4 Å². The molecule has 0 aromatic heterocycles. The van der Waals surface area contributed by atoms with Crippen molar-refractivity contribution in [2.45, 2.75) is 0 Å². The van der Waals surface area contributed by atoms with Gasteiger partial charge in [0.25, 0.3) is 0 Å². The van der Waals surface area contributed by atoms with Crippen molar-refractivity contribution in [3.05, 3.63) is 0 Å². The summed E-state index contributed by atoms with van der Waals surface area (Å²) in [5.41, 5.74) is 0. The predicted molar refractivity (Wildman–Crippen MR) is 9.74 cm³/mol. The van der Waals surface area contributed by atoms with Crippen molar-refractivity contribution in [1.82, 2.24) is 0 Å². The molecule has 1 radical (unpaired) electrons. The molecule has 0 aromatic rings. The van der Waals surface area contributed by atoms with E-state index in [9.17, 15) is 3.10 Å². The molecule has 0 rings (SSSR count). The molecule has 0 bridgehead atoms.